The first-order valence-electron chi connectivity index (χ1n) is 6.28. The second-order valence-corrected chi connectivity index (χ2v) is 5.16. The maximum atomic E-state index is 12.4. The van der Waals surface area contributed by atoms with Crippen molar-refractivity contribution in [3.63, 3.8) is 0 Å². The second-order valence-electron chi connectivity index (χ2n) is 4.31. The van der Waals surface area contributed by atoms with Crippen molar-refractivity contribution in [3.8, 4) is 11.8 Å². The number of nitrogens with zero attached hydrogens (tertiary/aromatic N) is 1. The van der Waals surface area contributed by atoms with Gasteiger partial charge in [0.25, 0.3) is 5.91 Å². The van der Waals surface area contributed by atoms with Crippen LogP contribution in [0.2, 0.25) is 0 Å². The number of nitriles is 1. The van der Waals surface area contributed by atoms with Gasteiger partial charge >= 0.3 is 0 Å². The first-order chi connectivity index (χ1) is 10.1. The van der Waals surface area contributed by atoms with Crippen LogP contribution in [0, 0.1) is 18.3 Å². The Morgan fingerprint density at radius 3 is 2.81 bits per heavy atom. The van der Waals surface area contributed by atoms with Crippen LogP contribution in [0.25, 0.3) is 0 Å². The quantitative estimate of drug-likeness (QED) is 0.914. The maximum absolute atomic E-state index is 12.4. The summed E-state index contributed by atoms with van der Waals surface area (Å²) in [7, 11) is 0. The summed E-state index contributed by atoms with van der Waals surface area (Å²) in [5, 5.41) is 11.4. The van der Waals surface area contributed by atoms with Gasteiger partial charge in [-0.2, -0.15) is 5.26 Å². The smallest absolute Gasteiger partial charge is 0.256 e. The highest BCUT2D eigenvalue weighted by Crippen LogP contribution is 2.26. The lowest BCUT2D eigenvalue weighted by Crippen LogP contribution is -2.14. The molecule has 0 saturated carbocycles. The molecule has 0 spiro atoms. The molecule has 0 aliphatic heterocycles. The molecule has 106 valence electrons. The number of carbonyl (C=O) groups excluding carboxylic acids is 1. The molecular weight excluding hydrogens is 332 g/mol. The molecule has 0 radical (unpaired) electrons. The summed E-state index contributed by atoms with van der Waals surface area (Å²) in [5.74, 6) is 0.252. The summed E-state index contributed by atoms with van der Waals surface area (Å²) >= 11 is 3.41. The fourth-order valence-corrected chi connectivity index (χ4v) is 2.22. The third-order valence-corrected chi connectivity index (χ3v) is 3.80. The summed E-state index contributed by atoms with van der Waals surface area (Å²) < 4.78 is 6.17. The molecule has 4 nitrogen and oxygen atoms in total. The molecule has 5 heteroatoms. The second kappa shape index (κ2) is 6.91. The summed E-state index contributed by atoms with van der Waals surface area (Å²) in [5.41, 5.74) is 1.99. The average molecular weight is 345 g/mol. The van der Waals surface area contributed by atoms with Gasteiger partial charge in [0.2, 0.25) is 0 Å². The fraction of sp³-hybridized carbons (Fsp3) is 0.125. The van der Waals surface area contributed by atoms with Crippen molar-refractivity contribution in [2.24, 2.45) is 0 Å². The summed E-state index contributed by atoms with van der Waals surface area (Å²) in [6, 6.07) is 14.4. The van der Waals surface area contributed by atoms with Crippen molar-refractivity contribution >= 4 is 27.5 Å². The Labute approximate surface area is 131 Å². The van der Waals surface area contributed by atoms with E-state index in [4.69, 9.17) is 10.00 Å². The fourth-order valence-electron chi connectivity index (χ4n) is 1.85. The molecule has 2 rings (SSSR count). The zero-order valence-corrected chi connectivity index (χ0v) is 13.0. The number of hydrogen-bond donors (Lipinski definition) is 1. The van der Waals surface area contributed by atoms with E-state index in [0.29, 0.717) is 17.0 Å². The minimum Gasteiger partial charge on any atom is -0.477 e. The Morgan fingerprint density at radius 1 is 1.29 bits per heavy atom. The molecule has 21 heavy (non-hydrogen) atoms. The van der Waals surface area contributed by atoms with Crippen LogP contribution in [0.15, 0.2) is 46.9 Å². The number of carbonyl (C=O) groups is 1. The van der Waals surface area contributed by atoms with Crippen molar-refractivity contribution in [3.05, 3.63) is 58.1 Å². The van der Waals surface area contributed by atoms with Crippen molar-refractivity contribution in [1.29, 1.82) is 5.26 Å². The van der Waals surface area contributed by atoms with Crippen molar-refractivity contribution in [2.75, 3.05) is 11.9 Å². The lowest BCUT2D eigenvalue weighted by atomic mass is 10.1. The number of hydrogen-bond acceptors (Lipinski definition) is 3. The SMILES string of the molecule is Cc1c(Br)cccc1C(=O)Nc1ccccc1OCC#N. The minimum atomic E-state index is -0.221. The lowest BCUT2D eigenvalue weighted by molar-refractivity contribution is 0.102. The molecule has 0 fully saturated rings. The van der Waals surface area contributed by atoms with Gasteiger partial charge in [-0.25, -0.2) is 0 Å². The van der Waals surface area contributed by atoms with Gasteiger partial charge in [0.1, 0.15) is 11.8 Å². The summed E-state index contributed by atoms with van der Waals surface area (Å²) in [6.07, 6.45) is 0. The van der Waals surface area contributed by atoms with E-state index < -0.39 is 0 Å². The van der Waals surface area contributed by atoms with Gasteiger partial charge < -0.3 is 10.1 Å². The zero-order valence-electron chi connectivity index (χ0n) is 11.4. The van der Waals surface area contributed by atoms with E-state index in [9.17, 15) is 4.79 Å². The predicted molar refractivity (Wildman–Crippen MR) is 84.4 cm³/mol. The van der Waals surface area contributed by atoms with Gasteiger partial charge in [0.15, 0.2) is 6.61 Å². The Morgan fingerprint density at radius 2 is 2.05 bits per heavy atom. The number of amides is 1. The van der Waals surface area contributed by atoms with E-state index in [1.54, 1.807) is 30.3 Å². The number of rotatable bonds is 4. The number of para-hydroxylation sites is 2. The highest BCUT2D eigenvalue weighted by atomic mass is 79.9. The van der Waals surface area contributed by atoms with Crippen LogP contribution in [0.3, 0.4) is 0 Å². The molecule has 0 aliphatic carbocycles. The van der Waals surface area contributed by atoms with Crippen LogP contribution in [0.5, 0.6) is 5.75 Å². The number of nitrogens with one attached hydrogen (secondary N) is 1. The van der Waals surface area contributed by atoms with E-state index >= 15 is 0 Å². The van der Waals surface area contributed by atoms with Gasteiger partial charge in [-0.05, 0) is 36.8 Å². The van der Waals surface area contributed by atoms with E-state index in [-0.39, 0.29) is 12.5 Å². The van der Waals surface area contributed by atoms with Crippen LogP contribution in [-0.2, 0) is 0 Å². The van der Waals surface area contributed by atoms with E-state index in [1.165, 1.54) is 0 Å². The summed E-state index contributed by atoms with van der Waals surface area (Å²) in [4.78, 5) is 12.4. The van der Waals surface area contributed by atoms with E-state index in [0.717, 1.165) is 10.0 Å². The highest BCUT2D eigenvalue weighted by molar-refractivity contribution is 9.10. The predicted octanol–water partition coefficient (Wildman–Crippen LogP) is 3.91. The van der Waals surface area contributed by atoms with E-state index in [2.05, 4.69) is 21.2 Å². The van der Waals surface area contributed by atoms with E-state index in [1.807, 2.05) is 25.1 Å². The number of halogens is 1. The molecule has 0 atom stereocenters. The van der Waals surface area contributed by atoms with Crippen LogP contribution < -0.4 is 10.1 Å². The molecule has 2 aromatic rings. The highest BCUT2D eigenvalue weighted by Gasteiger charge is 2.13. The van der Waals surface area contributed by atoms with Crippen LogP contribution in [0.4, 0.5) is 5.69 Å². The first-order valence-corrected chi connectivity index (χ1v) is 7.08. The van der Waals surface area contributed by atoms with Crippen molar-refractivity contribution in [2.45, 2.75) is 6.92 Å². The minimum absolute atomic E-state index is 0.0667. The first kappa shape index (κ1) is 15.1. The summed E-state index contributed by atoms with van der Waals surface area (Å²) in [6.45, 7) is 1.81. The topological polar surface area (TPSA) is 62.1 Å². The molecule has 1 amide bonds. The lowest BCUT2D eigenvalue weighted by Gasteiger charge is -2.12. The Balaban J connectivity index is 2.24. The molecule has 0 aromatic heterocycles. The number of benzene rings is 2. The molecule has 0 heterocycles. The molecule has 2 aromatic carbocycles. The maximum Gasteiger partial charge on any atom is 0.256 e. The van der Waals surface area contributed by atoms with Gasteiger partial charge in [-0.3, -0.25) is 4.79 Å². The average Bonchev–Trinajstić information content (AvgIpc) is 2.49. The van der Waals surface area contributed by atoms with Crippen LogP contribution in [-0.4, -0.2) is 12.5 Å². The molecule has 0 aliphatic rings. The van der Waals surface area contributed by atoms with Crippen molar-refractivity contribution < 1.29 is 9.53 Å². The Hall–Kier alpha value is -2.32. The molecule has 0 unspecified atom stereocenters. The molecular formula is C16H13BrN2O2. The van der Waals surface area contributed by atoms with Gasteiger partial charge in [0, 0.05) is 10.0 Å². The normalized spacial score (nSPS) is 9.76. The van der Waals surface area contributed by atoms with Crippen LogP contribution >= 0.6 is 15.9 Å². The standard InChI is InChI=1S/C16H13BrN2O2/c1-11-12(5-4-6-13(11)17)16(20)19-14-7-2-3-8-15(14)21-10-9-18/h2-8H,10H2,1H3,(H,19,20). The third-order valence-electron chi connectivity index (χ3n) is 2.94. The van der Waals surface area contributed by atoms with Gasteiger partial charge in [-0.1, -0.05) is 34.1 Å². The van der Waals surface area contributed by atoms with Crippen molar-refractivity contribution in [1.82, 2.24) is 0 Å². The van der Waals surface area contributed by atoms with Gasteiger partial charge in [-0.15, -0.1) is 0 Å². The monoisotopic (exact) mass is 344 g/mol. The number of ether oxygens (including phenoxy) is 1. The Kier molecular flexibility index (Phi) is 4.96. The zero-order chi connectivity index (χ0) is 15.2. The molecule has 1 N–H and O–H groups in total. The molecule has 0 bridgehead atoms. The number of anilines is 1. The van der Waals surface area contributed by atoms with Crippen LogP contribution in [0.1, 0.15) is 15.9 Å². The third kappa shape index (κ3) is 3.61. The van der Waals surface area contributed by atoms with Gasteiger partial charge in [0.05, 0.1) is 5.69 Å². The molecule has 0 saturated heterocycles. The Bertz CT molecular complexity index is 708. The largest absolute Gasteiger partial charge is 0.477 e.